The summed E-state index contributed by atoms with van der Waals surface area (Å²) >= 11 is 0. The number of nitrogens with zero attached hydrogens (tertiary/aromatic N) is 1. The van der Waals surface area contributed by atoms with Gasteiger partial charge in [0.1, 0.15) is 17.6 Å². The number of nitriles is 1. The molecular formula is C37H49NO3. The Bertz CT molecular complexity index is 1300. The van der Waals surface area contributed by atoms with Gasteiger partial charge in [0.05, 0.1) is 18.8 Å². The molecule has 0 saturated carbocycles. The number of benzene rings is 2. The van der Waals surface area contributed by atoms with E-state index in [1.165, 1.54) is 0 Å². The number of methoxy groups -OCH3 is 1. The lowest BCUT2D eigenvalue weighted by Gasteiger charge is -2.20. The highest BCUT2D eigenvalue weighted by Gasteiger charge is 2.15. The van der Waals surface area contributed by atoms with Crippen molar-refractivity contribution >= 4 is 16.9 Å². The Kier molecular flexibility index (Phi) is 15.9. The Morgan fingerprint density at radius 2 is 1.68 bits per heavy atom. The average molecular weight is 556 g/mol. The van der Waals surface area contributed by atoms with Gasteiger partial charge in [-0.3, -0.25) is 4.79 Å². The molecule has 4 heteroatoms. The molecule has 2 aromatic rings. The zero-order valence-corrected chi connectivity index (χ0v) is 26.7. The number of carbonyl (C=O) groups is 1. The molecule has 0 bridgehead atoms. The maximum Gasteiger partial charge on any atom is 0.159 e. The van der Waals surface area contributed by atoms with Gasteiger partial charge in [0.2, 0.25) is 0 Å². The number of ether oxygens (including phenoxy) is 2. The van der Waals surface area contributed by atoms with Gasteiger partial charge >= 0.3 is 0 Å². The van der Waals surface area contributed by atoms with E-state index in [1.807, 2.05) is 83.2 Å². The van der Waals surface area contributed by atoms with Crippen molar-refractivity contribution in [1.82, 2.24) is 0 Å². The molecule has 4 nitrogen and oxygen atoms in total. The zero-order valence-electron chi connectivity index (χ0n) is 26.7. The molecule has 0 amide bonds. The van der Waals surface area contributed by atoms with Crippen molar-refractivity contribution in [1.29, 1.82) is 5.26 Å². The number of unbranched alkanes of at least 4 members (excludes halogenated alkanes) is 1. The lowest BCUT2D eigenvalue weighted by atomic mass is 9.92. The summed E-state index contributed by atoms with van der Waals surface area (Å²) in [5.41, 5.74) is 6.79. The second-order valence-electron chi connectivity index (χ2n) is 9.86. The highest BCUT2D eigenvalue weighted by molar-refractivity contribution is 5.95. The number of ketones is 1. The van der Waals surface area contributed by atoms with E-state index in [9.17, 15) is 10.1 Å². The standard InChI is InChI=1S/C35H43NO3.C2H6/c1-9-12-15-31(13-10-2)39-34-19-17-29(21-30(34)23-36)33(14-11-3)26(6)24(4)20-25(5)32-18-16-28(27(7)37)22-35(32)38-8;1-2/h11,14,16-22,31H,4,9-10,12-13,15H2,1-3,5-8H3;1-2H3/b14-11-,25-20+,33-26+;. The molecule has 1 unspecified atom stereocenters. The van der Waals surface area contributed by atoms with Crippen LogP contribution >= 0.6 is 0 Å². The fourth-order valence-electron chi connectivity index (χ4n) is 4.54. The minimum absolute atomic E-state index is 0.00401. The van der Waals surface area contributed by atoms with Crippen LogP contribution in [0.5, 0.6) is 11.5 Å². The van der Waals surface area contributed by atoms with Gasteiger partial charge in [-0.2, -0.15) is 5.26 Å². The minimum Gasteiger partial charge on any atom is -0.496 e. The summed E-state index contributed by atoms with van der Waals surface area (Å²) in [4.78, 5) is 11.8. The molecule has 0 N–H and O–H groups in total. The third-order valence-electron chi connectivity index (χ3n) is 6.84. The molecule has 0 spiro atoms. The van der Waals surface area contributed by atoms with Crippen LogP contribution < -0.4 is 9.47 Å². The molecule has 0 aliphatic carbocycles. The molecule has 2 aromatic carbocycles. The maximum absolute atomic E-state index is 11.8. The van der Waals surface area contributed by atoms with Crippen molar-refractivity contribution in [2.24, 2.45) is 0 Å². The van der Waals surface area contributed by atoms with Gasteiger partial charge in [0.25, 0.3) is 0 Å². The molecule has 0 aliphatic heterocycles. The number of allylic oxidation sites excluding steroid dienone is 7. The van der Waals surface area contributed by atoms with Crippen molar-refractivity contribution in [3.05, 3.63) is 94.6 Å². The number of hydrogen-bond acceptors (Lipinski definition) is 4. The molecule has 0 aliphatic rings. The number of rotatable bonds is 14. The van der Waals surface area contributed by atoms with Crippen molar-refractivity contribution < 1.29 is 14.3 Å². The van der Waals surface area contributed by atoms with Crippen LogP contribution in [0.15, 0.2) is 72.4 Å². The molecule has 0 heterocycles. The largest absolute Gasteiger partial charge is 0.496 e. The van der Waals surface area contributed by atoms with Gasteiger partial charge in [-0.15, -0.1) is 0 Å². The van der Waals surface area contributed by atoms with Gasteiger partial charge in [-0.25, -0.2) is 0 Å². The first kappa shape index (κ1) is 35.2. The molecule has 1 atom stereocenters. The van der Waals surface area contributed by atoms with Gasteiger partial charge in [-0.05, 0) is 86.6 Å². The lowest BCUT2D eigenvalue weighted by molar-refractivity contribution is 0.101. The summed E-state index contributed by atoms with van der Waals surface area (Å²) < 4.78 is 11.9. The van der Waals surface area contributed by atoms with Crippen LogP contribution in [0.4, 0.5) is 0 Å². The Hall–Kier alpha value is -3.84. The van der Waals surface area contributed by atoms with Crippen LogP contribution in [0.1, 0.15) is 115 Å². The van der Waals surface area contributed by atoms with Crippen LogP contribution in [0.2, 0.25) is 0 Å². The third kappa shape index (κ3) is 10.3. The van der Waals surface area contributed by atoms with Crippen molar-refractivity contribution in [2.75, 3.05) is 7.11 Å². The monoisotopic (exact) mass is 555 g/mol. The van der Waals surface area contributed by atoms with Crippen LogP contribution in [0.25, 0.3) is 11.1 Å². The Balaban J connectivity index is 0.00000411. The van der Waals surface area contributed by atoms with E-state index in [0.717, 1.165) is 65.5 Å². The Labute approximate surface area is 249 Å². The first-order valence-electron chi connectivity index (χ1n) is 14.8. The maximum atomic E-state index is 11.8. The van der Waals surface area contributed by atoms with Gasteiger partial charge in [0.15, 0.2) is 5.78 Å². The molecule has 0 aromatic heterocycles. The van der Waals surface area contributed by atoms with E-state index in [2.05, 4.69) is 26.5 Å². The van der Waals surface area contributed by atoms with E-state index >= 15 is 0 Å². The summed E-state index contributed by atoms with van der Waals surface area (Å²) in [5, 5.41) is 9.95. The van der Waals surface area contributed by atoms with E-state index in [0.29, 0.717) is 22.6 Å². The van der Waals surface area contributed by atoms with E-state index < -0.39 is 0 Å². The summed E-state index contributed by atoms with van der Waals surface area (Å²) in [6, 6.07) is 13.7. The van der Waals surface area contributed by atoms with Gasteiger partial charge < -0.3 is 9.47 Å². The van der Waals surface area contributed by atoms with Crippen molar-refractivity contribution in [3.63, 3.8) is 0 Å². The normalized spacial score (nSPS) is 12.5. The summed E-state index contributed by atoms with van der Waals surface area (Å²) in [6.45, 7) is 20.3. The smallest absolute Gasteiger partial charge is 0.159 e. The fourth-order valence-corrected chi connectivity index (χ4v) is 4.54. The summed E-state index contributed by atoms with van der Waals surface area (Å²) in [5.74, 6) is 1.29. The second-order valence-corrected chi connectivity index (χ2v) is 9.86. The summed E-state index contributed by atoms with van der Waals surface area (Å²) in [7, 11) is 1.61. The van der Waals surface area contributed by atoms with Crippen molar-refractivity contribution in [2.45, 2.75) is 93.6 Å². The van der Waals surface area contributed by atoms with Crippen LogP contribution in [-0.2, 0) is 0 Å². The highest BCUT2D eigenvalue weighted by atomic mass is 16.5. The Morgan fingerprint density at radius 1 is 1.00 bits per heavy atom. The summed E-state index contributed by atoms with van der Waals surface area (Å²) in [6.07, 6.45) is 11.4. The minimum atomic E-state index is -0.00401. The number of Topliss-reactive ketones (excluding diaryl/α,β-unsaturated/α-hetero) is 1. The zero-order chi connectivity index (χ0) is 30.9. The predicted molar refractivity (Wildman–Crippen MR) is 175 cm³/mol. The topological polar surface area (TPSA) is 59.3 Å². The second kappa shape index (κ2) is 18.5. The lowest BCUT2D eigenvalue weighted by Crippen LogP contribution is -2.16. The molecule has 0 radical (unpaired) electrons. The fraction of sp³-hybridized carbons (Fsp3) is 0.405. The first-order chi connectivity index (χ1) is 19.7. The quantitative estimate of drug-likeness (QED) is 0.172. The predicted octanol–water partition coefficient (Wildman–Crippen LogP) is 10.5. The van der Waals surface area contributed by atoms with Crippen molar-refractivity contribution in [3.8, 4) is 17.6 Å². The number of carbonyl (C=O) groups excluding carboxylic acids is 1. The molecule has 0 fully saturated rings. The highest BCUT2D eigenvalue weighted by Crippen LogP contribution is 2.33. The van der Waals surface area contributed by atoms with E-state index in [-0.39, 0.29) is 11.9 Å². The third-order valence-corrected chi connectivity index (χ3v) is 6.84. The van der Waals surface area contributed by atoms with Crippen LogP contribution in [0, 0.1) is 11.3 Å². The molecule has 41 heavy (non-hydrogen) atoms. The average Bonchev–Trinajstić information content (AvgIpc) is 2.99. The van der Waals surface area contributed by atoms with E-state index in [4.69, 9.17) is 9.47 Å². The van der Waals surface area contributed by atoms with Gasteiger partial charge in [-0.1, -0.05) is 90.0 Å². The molecule has 2 rings (SSSR count). The molecule has 0 saturated heterocycles. The molecule has 220 valence electrons. The first-order valence-corrected chi connectivity index (χ1v) is 14.8. The SMILES string of the molecule is C=C(/C=C(\C)c1ccc(C(C)=O)cc1OC)/C(C)=C(\C=C/C)c1ccc(OC(CCC)CCCC)c(C#N)c1.CC. The van der Waals surface area contributed by atoms with Gasteiger partial charge in [0, 0.05) is 11.1 Å². The van der Waals surface area contributed by atoms with E-state index in [1.54, 1.807) is 20.1 Å². The van der Waals surface area contributed by atoms with Crippen LogP contribution in [-0.4, -0.2) is 19.0 Å². The molecular weight excluding hydrogens is 506 g/mol. The number of hydrogen-bond donors (Lipinski definition) is 0. The van der Waals surface area contributed by atoms with Crippen LogP contribution in [0.3, 0.4) is 0 Å². The Morgan fingerprint density at radius 3 is 2.24 bits per heavy atom.